The first-order valence-corrected chi connectivity index (χ1v) is 11.9. The molecular weight excluding hydrogens is 432 g/mol. The predicted octanol–water partition coefficient (Wildman–Crippen LogP) is 3.68. The van der Waals surface area contributed by atoms with Gasteiger partial charge in [0.1, 0.15) is 15.8 Å². The van der Waals surface area contributed by atoms with E-state index in [0.29, 0.717) is 46.0 Å². The standard InChI is InChI=1S/C22H26N4O3S2/c1-2-29-13-7-11-23-19-16(20(27)25-12-6-5-10-18(25)24-19)14-17-21(28)26(22(30)31-17)15-8-3-4-9-15/h5-6,10,12,14-15,23H,2-4,7-9,11,13H2,1H3/b17-14-. The maximum Gasteiger partial charge on any atom is 0.267 e. The summed E-state index contributed by atoms with van der Waals surface area (Å²) in [4.78, 5) is 33.2. The van der Waals surface area contributed by atoms with Crippen LogP contribution in [0.15, 0.2) is 34.1 Å². The van der Waals surface area contributed by atoms with Crippen molar-refractivity contribution in [1.29, 1.82) is 0 Å². The fourth-order valence-electron chi connectivity index (χ4n) is 3.98. The Morgan fingerprint density at radius 3 is 2.90 bits per heavy atom. The van der Waals surface area contributed by atoms with Gasteiger partial charge in [-0.3, -0.25) is 18.9 Å². The van der Waals surface area contributed by atoms with Crippen molar-refractivity contribution in [3.05, 3.63) is 45.2 Å². The van der Waals surface area contributed by atoms with Crippen molar-refractivity contribution < 1.29 is 9.53 Å². The zero-order valence-corrected chi connectivity index (χ0v) is 19.1. The third-order valence-electron chi connectivity index (χ3n) is 5.52. The smallest absolute Gasteiger partial charge is 0.267 e. The molecule has 1 amide bonds. The number of pyridine rings is 1. The Bertz CT molecular complexity index is 1080. The molecule has 2 aromatic rings. The molecule has 0 aromatic carbocycles. The fourth-order valence-corrected chi connectivity index (χ4v) is 5.36. The van der Waals surface area contributed by atoms with Crippen LogP contribution in [-0.4, -0.2) is 50.3 Å². The second-order valence-corrected chi connectivity index (χ2v) is 9.25. The monoisotopic (exact) mass is 458 g/mol. The summed E-state index contributed by atoms with van der Waals surface area (Å²) in [5.74, 6) is 0.362. The van der Waals surface area contributed by atoms with Gasteiger partial charge in [-0.25, -0.2) is 4.98 Å². The van der Waals surface area contributed by atoms with Gasteiger partial charge < -0.3 is 10.1 Å². The van der Waals surface area contributed by atoms with Crippen LogP contribution in [0.4, 0.5) is 5.82 Å². The molecule has 1 saturated carbocycles. The van der Waals surface area contributed by atoms with Gasteiger partial charge in [-0.15, -0.1) is 0 Å². The van der Waals surface area contributed by atoms with Crippen molar-refractivity contribution in [3.8, 4) is 0 Å². The van der Waals surface area contributed by atoms with Crippen LogP contribution in [0.1, 0.15) is 44.6 Å². The van der Waals surface area contributed by atoms with Gasteiger partial charge in [0.05, 0.1) is 10.5 Å². The number of carbonyl (C=O) groups excluding carboxylic acids is 1. The van der Waals surface area contributed by atoms with E-state index in [9.17, 15) is 9.59 Å². The Kier molecular flexibility index (Phi) is 7.04. The van der Waals surface area contributed by atoms with Gasteiger partial charge in [0, 0.05) is 32.0 Å². The molecule has 2 aliphatic rings. The van der Waals surface area contributed by atoms with E-state index in [0.717, 1.165) is 32.1 Å². The van der Waals surface area contributed by atoms with Crippen LogP contribution in [0.5, 0.6) is 0 Å². The Morgan fingerprint density at radius 1 is 1.32 bits per heavy atom. The number of fused-ring (bicyclic) bond motifs is 1. The lowest BCUT2D eigenvalue weighted by atomic mass is 10.2. The summed E-state index contributed by atoms with van der Waals surface area (Å²) in [7, 11) is 0. The molecule has 0 unspecified atom stereocenters. The molecule has 1 aliphatic carbocycles. The van der Waals surface area contributed by atoms with E-state index in [-0.39, 0.29) is 17.5 Å². The first-order valence-electron chi connectivity index (χ1n) is 10.7. The average molecular weight is 459 g/mol. The number of carbonyl (C=O) groups is 1. The van der Waals surface area contributed by atoms with E-state index in [1.165, 1.54) is 16.2 Å². The van der Waals surface area contributed by atoms with Gasteiger partial charge in [-0.05, 0) is 44.4 Å². The minimum atomic E-state index is -0.218. The number of ether oxygens (including phenoxy) is 1. The predicted molar refractivity (Wildman–Crippen MR) is 128 cm³/mol. The van der Waals surface area contributed by atoms with Crippen molar-refractivity contribution in [3.63, 3.8) is 0 Å². The van der Waals surface area contributed by atoms with Crippen LogP contribution in [-0.2, 0) is 9.53 Å². The summed E-state index contributed by atoms with van der Waals surface area (Å²) in [5.41, 5.74) is 0.700. The van der Waals surface area contributed by atoms with E-state index in [1.807, 2.05) is 13.0 Å². The summed E-state index contributed by atoms with van der Waals surface area (Å²) in [6, 6.07) is 5.59. The van der Waals surface area contributed by atoms with Crippen LogP contribution in [0.3, 0.4) is 0 Å². The third kappa shape index (κ3) is 4.68. The lowest BCUT2D eigenvalue weighted by Crippen LogP contribution is -2.36. The number of anilines is 1. The van der Waals surface area contributed by atoms with Gasteiger partial charge in [0.15, 0.2) is 0 Å². The normalized spacial score (nSPS) is 18.6. The summed E-state index contributed by atoms with van der Waals surface area (Å²) < 4.78 is 7.45. The number of thioether (sulfide) groups is 1. The number of thiocarbonyl (C=S) groups is 1. The first-order chi connectivity index (χ1) is 15.1. The van der Waals surface area contributed by atoms with Crippen LogP contribution in [0.25, 0.3) is 11.7 Å². The quantitative estimate of drug-likeness (QED) is 0.367. The molecule has 2 fully saturated rings. The van der Waals surface area contributed by atoms with Crippen LogP contribution in [0, 0.1) is 0 Å². The van der Waals surface area contributed by atoms with Crippen molar-refractivity contribution in [2.75, 3.05) is 25.1 Å². The number of nitrogens with one attached hydrogen (secondary N) is 1. The molecule has 9 heteroatoms. The Labute approximate surface area is 190 Å². The molecule has 3 heterocycles. The lowest BCUT2D eigenvalue weighted by molar-refractivity contribution is -0.123. The van der Waals surface area contributed by atoms with Gasteiger partial charge in [-0.1, -0.05) is 42.9 Å². The summed E-state index contributed by atoms with van der Waals surface area (Å²) in [6.07, 6.45) is 8.31. The Morgan fingerprint density at radius 2 is 2.13 bits per heavy atom. The zero-order valence-electron chi connectivity index (χ0n) is 17.5. The molecule has 1 aliphatic heterocycles. The Hall–Kier alpha value is -2.23. The second-order valence-electron chi connectivity index (χ2n) is 7.58. The highest BCUT2D eigenvalue weighted by Gasteiger charge is 2.38. The highest BCUT2D eigenvalue weighted by Crippen LogP contribution is 2.38. The first kappa shape index (κ1) is 22.0. The minimum Gasteiger partial charge on any atom is -0.382 e. The molecular formula is C22H26N4O3S2. The third-order valence-corrected chi connectivity index (χ3v) is 6.85. The molecule has 1 saturated heterocycles. The number of aromatic nitrogens is 2. The van der Waals surface area contributed by atoms with Crippen molar-refractivity contribution in [2.24, 2.45) is 0 Å². The second kappa shape index (κ2) is 9.93. The summed E-state index contributed by atoms with van der Waals surface area (Å²) in [6.45, 7) is 3.87. The minimum absolute atomic E-state index is 0.109. The molecule has 1 N–H and O–H groups in total. The molecule has 0 bridgehead atoms. The maximum absolute atomic E-state index is 13.2. The summed E-state index contributed by atoms with van der Waals surface area (Å²) in [5, 5.41) is 3.26. The molecule has 164 valence electrons. The molecule has 4 rings (SSSR count). The highest BCUT2D eigenvalue weighted by atomic mass is 32.2. The molecule has 0 spiro atoms. The maximum atomic E-state index is 13.2. The zero-order chi connectivity index (χ0) is 21.8. The number of hydrogen-bond donors (Lipinski definition) is 1. The topological polar surface area (TPSA) is 75.9 Å². The van der Waals surface area contributed by atoms with E-state index in [2.05, 4.69) is 10.3 Å². The largest absolute Gasteiger partial charge is 0.382 e. The van der Waals surface area contributed by atoms with E-state index in [1.54, 1.807) is 29.3 Å². The van der Waals surface area contributed by atoms with Crippen molar-refractivity contribution in [1.82, 2.24) is 14.3 Å². The van der Waals surface area contributed by atoms with Gasteiger partial charge in [0.25, 0.3) is 11.5 Å². The van der Waals surface area contributed by atoms with Crippen LogP contribution >= 0.6 is 24.0 Å². The number of rotatable bonds is 8. The van der Waals surface area contributed by atoms with Crippen molar-refractivity contribution in [2.45, 2.75) is 45.1 Å². The average Bonchev–Trinajstić information content (AvgIpc) is 3.38. The lowest BCUT2D eigenvalue weighted by Gasteiger charge is -2.21. The van der Waals surface area contributed by atoms with E-state index >= 15 is 0 Å². The van der Waals surface area contributed by atoms with E-state index in [4.69, 9.17) is 17.0 Å². The SMILES string of the molecule is CCOCCCNc1nc2ccccn2c(=O)c1/C=C1\SC(=S)N(C2CCCC2)C1=O. The molecule has 0 atom stereocenters. The Balaban J connectivity index is 1.67. The molecule has 31 heavy (non-hydrogen) atoms. The van der Waals surface area contributed by atoms with Gasteiger partial charge in [0.2, 0.25) is 0 Å². The number of nitrogens with zero attached hydrogens (tertiary/aromatic N) is 3. The van der Waals surface area contributed by atoms with Gasteiger partial charge in [-0.2, -0.15) is 0 Å². The molecule has 0 radical (unpaired) electrons. The summed E-state index contributed by atoms with van der Waals surface area (Å²) >= 11 is 6.77. The van der Waals surface area contributed by atoms with E-state index < -0.39 is 0 Å². The molecule has 7 nitrogen and oxygen atoms in total. The number of hydrogen-bond acceptors (Lipinski definition) is 7. The fraction of sp³-hybridized carbons (Fsp3) is 0.455. The number of amides is 1. The van der Waals surface area contributed by atoms with Crippen molar-refractivity contribution >= 4 is 51.7 Å². The van der Waals surface area contributed by atoms with Crippen LogP contribution < -0.4 is 10.9 Å². The van der Waals surface area contributed by atoms with Crippen LogP contribution in [0.2, 0.25) is 0 Å². The highest BCUT2D eigenvalue weighted by molar-refractivity contribution is 8.26. The van der Waals surface area contributed by atoms with Gasteiger partial charge >= 0.3 is 0 Å². The molecule has 2 aromatic heterocycles.